The Bertz CT molecular complexity index is 1240. The van der Waals surface area contributed by atoms with Gasteiger partial charge in [-0.3, -0.25) is 0 Å². The van der Waals surface area contributed by atoms with Gasteiger partial charge in [0.05, 0.1) is 18.8 Å². The second-order valence-corrected chi connectivity index (χ2v) is 10.7. The average Bonchev–Trinajstić information content (AvgIpc) is 3.25. The Labute approximate surface area is 225 Å². The summed E-state index contributed by atoms with van der Waals surface area (Å²) in [5.41, 5.74) is -1.16. The monoisotopic (exact) mass is 572 g/mol. The maximum atomic E-state index is 12.8. The molecular weight excluding hydrogens is 544 g/mol. The predicted molar refractivity (Wildman–Crippen MR) is 143 cm³/mol. The molecule has 5 atom stereocenters. The first kappa shape index (κ1) is 25.5. The molecule has 6 nitrogen and oxygen atoms in total. The van der Waals surface area contributed by atoms with Gasteiger partial charge in [-0.25, -0.2) is 4.98 Å². The molecular formula is C28H30BrClN2O4. The smallest absolute Gasteiger partial charge is 0.224 e. The highest BCUT2D eigenvalue weighted by Gasteiger charge is 2.77. The first-order valence-electron chi connectivity index (χ1n) is 12.2. The number of benzene rings is 2. The zero-order valence-electron chi connectivity index (χ0n) is 20.5. The third kappa shape index (κ3) is 3.59. The predicted octanol–water partition coefficient (Wildman–Crippen LogP) is 5.10. The van der Waals surface area contributed by atoms with E-state index in [-0.39, 0.29) is 17.0 Å². The molecule has 1 saturated carbocycles. The first-order valence-corrected chi connectivity index (χ1v) is 13.4. The molecule has 0 amide bonds. The summed E-state index contributed by atoms with van der Waals surface area (Å²) in [6, 6.07) is 19.3. The van der Waals surface area contributed by atoms with Crippen LogP contribution < -0.4 is 9.47 Å². The third-order valence-electron chi connectivity index (χ3n) is 7.83. The molecule has 0 radical (unpaired) electrons. The van der Waals surface area contributed by atoms with Crippen molar-refractivity contribution in [2.75, 3.05) is 26.7 Å². The van der Waals surface area contributed by atoms with Crippen LogP contribution in [0.2, 0.25) is 5.15 Å². The van der Waals surface area contributed by atoms with E-state index in [2.05, 4.69) is 39.7 Å². The lowest BCUT2D eigenvalue weighted by atomic mass is 9.71. The van der Waals surface area contributed by atoms with Crippen molar-refractivity contribution in [1.82, 2.24) is 9.88 Å². The van der Waals surface area contributed by atoms with Crippen molar-refractivity contribution >= 4 is 27.5 Å². The normalized spacial score (nSPS) is 28.6. The summed E-state index contributed by atoms with van der Waals surface area (Å²) >= 11 is 9.85. The molecule has 2 aromatic carbocycles. The van der Waals surface area contributed by atoms with E-state index in [0.29, 0.717) is 17.9 Å². The van der Waals surface area contributed by atoms with Crippen LogP contribution in [0.15, 0.2) is 65.1 Å². The number of methoxy groups -OCH3 is 1. The second-order valence-electron chi connectivity index (χ2n) is 9.42. The van der Waals surface area contributed by atoms with Gasteiger partial charge in [-0.2, -0.15) is 0 Å². The van der Waals surface area contributed by atoms with E-state index < -0.39 is 23.2 Å². The van der Waals surface area contributed by atoms with Gasteiger partial charge in [-0.05, 0) is 36.3 Å². The van der Waals surface area contributed by atoms with Crippen molar-refractivity contribution < 1.29 is 19.7 Å². The summed E-state index contributed by atoms with van der Waals surface area (Å²) in [5, 5.41) is 25.1. The third-order valence-corrected chi connectivity index (χ3v) is 8.55. The Morgan fingerprint density at radius 2 is 1.78 bits per heavy atom. The zero-order chi connectivity index (χ0) is 25.7. The van der Waals surface area contributed by atoms with E-state index in [9.17, 15) is 10.2 Å². The van der Waals surface area contributed by atoms with Crippen molar-refractivity contribution in [3.05, 3.63) is 87.0 Å². The van der Waals surface area contributed by atoms with E-state index in [1.54, 1.807) is 6.07 Å². The number of aliphatic hydroxyl groups excluding tert-OH is 1. The van der Waals surface area contributed by atoms with Crippen molar-refractivity contribution in [3.63, 3.8) is 0 Å². The Balaban J connectivity index is 1.84. The maximum absolute atomic E-state index is 12.8. The minimum Gasteiger partial charge on any atom is -0.481 e. The number of aliphatic hydroxyl groups is 2. The van der Waals surface area contributed by atoms with Crippen molar-refractivity contribution in [2.24, 2.45) is 5.92 Å². The van der Waals surface area contributed by atoms with Gasteiger partial charge in [0.1, 0.15) is 10.9 Å². The van der Waals surface area contributed by atoms with Crippen LogP contribution in [0.1, 0.15) is 36.5 Å². The minimum absolute atomic E-state index is 0.147. The van der Waals surface area contributed by atoms with Gasteiger partial charge in [-0.1, -0.05) is 83.8 Å². The molecule has 1 fully saturated rings. The van der Waals surface area contributed by atoms with E-state index >= 15 is 0 Å². The van der Waals surface area contributed by atoms with Gasteiger partial charge in [0.25, 0.3) is 0 Å². The molecule has 0 bridgehead atoms. The van der Waals surface area contributed by atoms with Crippen LogP contribution in [0.3, 0.4) is 0 Å². The highest BCUT2D eigenvalue weighted by Crippen LogP contribution is 2.69. The first-order chi connectivity index (χ1) is 17.3. The molecule has 36 heavy (non-hydrogen) atoms. The molecule has 0 saturated heterocycles. The van der Waals surface area contributed by atoms with E-state index in [0.717, 1.165) is 28.7 Å². The largest absolute Gasteiger partial charge is 0.481 e. The molecule has 1 aliphatic heterocycles. The van der Waals surface area contributed by atoms with Gasteiger partial charge in [0, 0.05) is 28.9 Å². The van der Waals surface area contributed by atoms with Crippen LogP contribution in [0.5, 0.6) is 11.6 Å². The second kappa shape index (κ2) is 9.62. The number of ether oxygens (including phenoxy) is 2. The molecule has 1 aromatic heterocycles. The SMILES string of the molecule is CCN(CC)CC1C(O)C2(O)c3c(cc(Cl)nc3OC)OC2(c2ccc(Br)cc2)C1c1ccccc1. The number of nitrogens with zero attached hydrogens (tertiary/aromatic N) is 2. The van der Waals surface area contributed by atoms with E-state index in [1.165, 1.54) is 7.11 Å². The number of fused-ring (bicyclic) bond motifs is 3. The van der Waals surface area contributed by atoms with Crippen LogP contribution in [-0.4, -0.2) is 52.9 Å². The van der Waals surface area contributed by atoms with Crippen LogP contribution in [0.25, 0.3) is 0 Å². The number of rotatable bonds is 7. The van der Waals surface area contributed by atoms with Crippen LogP contribution in [0.4, 0.5) is 0 Å². The molecule has 5 unspecified atom stereocenters. The van der Waals surface area contributed by atoms with Gasteiger partial charge < -0.3 is 24.6 Å². The number of halogens is 2. The van der Waals surface area contributed by atoms with Crippen LogP contribution >= 0.6 is 27.5 Å². The lowest BCUT2D eigenvalue weighted by Crippen LogP contribution is -2.52. The Morgan fingerprint density at radius 3 is 2.39 bits per heavy atom. The van der Waals surface area contributed by atoms with E-state index in [1.807, 2.05) is 54.6 Å². The fourth-order valence-electron chi connectivity index (χ4n) is 6.23. The van der Waals surface area contributed by atoms with Gasteiger partial charge >= 0.3 is 0 Å². The standard InChI is InChI=1S/C28H30BrClN2O4/c1-4-32(5-2)16-20-23(17-9-7-6-8-10-17)28(18-11-13-19(29)14-12-18)27(34,25(20)33)24-21(36-28)15-22(30)31-26(24)35-3/h6-15,20,23,25,33-34H,4-5,16H2,1-3H3. The van der Waals surface area contributed by atoms with Crippen LogP contribution in [0, 0.1) is 5.92 Å². The zero-order valence-corrected chi connectivity index (χ0v) is 22.8. The van der Waals surface area contributed by atoms with Gasteiger partial charge in [0.2, 0.25) is 5.88 Å². The van der Waals surface area contributed by atoms with Crippen molar-refractivity contribution in [1.29, 1.82) is 0 Å². The summed E-state index contributed by atoms with van der Waals surface area (Å²) < 4.78 is 13.3. The molecule has 2 heterocycles. The van der Waals surface area contributed by atoms with Crippen molar-refractivity contribution in [3.8, 4) is 11.6 Å². The molecule has 3 aromatic rings. The highest BCUT2D eigenvalue weighted by atomic mass is 79.9. The topological polar surface area (TPSA) is 75.1 Å². The lowest BCUT2D eigenvalue weighted by molar-refractivity contribution is -0.152. The number of hydrogen-bond donors (Lipinski definition) is 2. The number of aromatic nitrogens is 1. The van der Waals surface area contributed by atoms with Crippen LogP contribution in [-0.2, 0) is 11.2 Å². The Morgan fingerprint density at radius 1 is 1.11 bits per heavy atom. The Hall–Kier alpha value is -2.16. The number of hydrogen-bond acceptors (Lipinski definition) is 6. The molecule has 8 heteroatoms. The lowest BCUT2D eigenvalue weighted by Gasteiger charge is -2.41. The summed E-state index contributed by atoms with van der Waals surface area (Å²) in [6.45, 7) is 6.42. The number of pyridine rings is 1. The van der Waals surface area contributed by atoms with E-state index in [4.69, 9.17) is 21.1 Å². The van der Waals surface area contributed by atoms with Gasteiger partial charge in [-0.15, -0.1) is 0 Å². The molecule has 0 spiro atoms. The average molecular weight is 574 g/mol. The summed E-state index contributed by atoms with van der Waals surface area (Å²) in [6.07, 6.45) is -1.18. The molecule has 1 aliphatic carbocycles. The molecule has 190 valence electrons. The molecule has 5 rings (SSSR count). The quantitative estimate of drug-likeness (QED) is 0.383. The summed E-state index contributed by atoms with van der Waals surface area (Å²) in [7, 11) is 1.48. The van der Waals surface area contributed by atoms with Gasteiger partial charge in [0.15, 0.2) is 11.2 Å². The molecule has 2 aliphatic rings. The minimum atomic E-state index is -1.85. The highest BCUT2D eigenvalue weighted by molar-refractivity contribution is 9.10. The molecule has 2 N–H and O–H groups in total. The maximum Gasteiger partial charge on any atom is 0.224 e. The fraction of sp³-hybridized carbons (Fsp3) is 0.393. The Kier molecular flexibility index (Phi) is 6.81. The summed E-state index contributed by atoms with van der Waals surface area (Å²) in [4.78, 5) is 6.60. The summed E-state index contributed by atoms with van der Waals surface area (Å²) in [5.74, 6) is -0.238. The fourth-order valence-corrected chi connectivity index (χ4v) is 6.67. The van der Waals surface area contributed by atoms with Crippen molar-refractivity contribution in [2.45, 2.75) is 37.1 Å².